The minimum atomic E-state index is -1.27. The molecule has 0 saturated carbocycles. The molecule has 0 aliphatic heterocycles. The van der Waals surface area contributed by atoms with Crippen LogP contribution in [0.5, 0.6) is 0 Å². The molecular formula is C16H10FNO2. The van der Waals surface area contributed by atoms with Crippen molar-refractivity contribution in [2.45, 2.75) is 0 Å². The molecule has 0 amide bonds. The van der Waals surface area contributed by atoms with Gasteiger partial charge in [0.25, 0.3) is 0 Å². The molecule has 20 heavy (non-hydrogen) atoms. The van der Waals surface area contributed by atoms with Gasteiger partial charge in [0.1, 0.15) is 5.82 Å². The number of fused-ring (bicyclic) bond motifs is 1. The minimum Gasteiger partial charge on any atom is -0.478 e. The average molecular weight is 267 g/mol. The van der Waals surface area contributed by atoms with Gasteiger partial charge in [0, 0.05) is 17.8 Å². The molecule has 98 valence electrons. The first-order valence-electron chi connectivity index (χ1n) is 6.03. The summed E-state index contributed by atoms with van der Waals surface area (Å²) >= 11 is 0. The standard InChI is InChI=1S/C16H10FNO2/c17-15-5-4-10(8-14(15)16(19)20)12-3-1-2-11-9-18-7-6-13(11)12/h1-9H,(H,19,20). The maximum atomic E-state index is 13.5. The highest BCUT2D eigenvalue weighted by atomic mass is 19.1. The van der Waals surface area contributed by atoms with Crippen molar-refractivity contribution in [3.8, 4) is 11.1 Å². The molecule has 1 N–H and O–H groups in total. The molecular weight excluding hydrogens is 257 g/mol. The summed E-state index contributed by atoms with van der Waals surface area (Å²) in [5.74, 6) is -2.01. The molecule has 0 unspecified atom stereocenters. The van der Waals surface area contributed by atoms with Crippen LogP contribution in [0.25, 0.3) is 21.9 Å². The summed E-state index contributed by atoms with van der Waals surface area (Å²) in [4.78, 5) is 15.1. The van der Waals surface area contributed by atoms with Crippen LogP contribution in [0.1, 0.15) is 10.4 Å². The van der Waals surface area contributed by atoms with E-state index < -0.39 is 11.8 Å². The molecule has 0 fully saturated rings. The fourth-order valence-corrected chi connectivity index (χ4v) is 2.23. The van der Waals surface area contributed by atoms with Crippen LogP contribution < -0.4 is 0 Å². The van der Waals surface area contributed by atoms with E-state index in [1.54, 1.807) is 18.5 Å². The van der Waals surface area contributed by atoms with Gasteiger partial charge >= 0.3 is 5.97 Å². The number of hydrogen-bond acceptors (Lipinski definition) is 2. The van der Waals surface area contributed by atoms with E-state index in [9.17, 15) is 9.18 Å². The summed E-state index contributed by atoms with van der Waals surface area (Å²) in [6, 6.07) is 11.6. The van der Waals surface area contributed by atoms with E-state index in [1.165, 1.54) is 12.1 Å². The SMILES string of the molecule is O=C(O)c1cc(-c2cccc3cnccc23)ccc1F. The molecule has 3 nitrogen and oxygen atoms in total. The van der Waals surface area contributed by atoms with E-state index >= 15 is 0 Å². The Morgan fingerprint density at radius 2 is 2.00 bits per heavy atom. The molecule has 1 aromatic heterocycles. The second-order valence-corrected chi connectivity index (χ2v) is 4.40. The van der Waals surface area contributed by atoms with Gasteiger partial charge in [0.2, 0.25) is 0 Å². The zero-order valence-electron chi connectivity index (χ0n) is 10.4. The quantitative estimate of drug-likeness (QED) is 0.769. The molecule has 4 heteroatoms. The Balaban J connectivity index is 2.26. The van der Waals surface area contributed by atoms with E-state index in [1.807, 2.05) is 24.3 Å². The minimum absolute atomic E-state index is 0.325. The molecule has 0 aliphatic carbocycles. The van der Waals surface area contributed by atoms with Crippen molar-refractivity contribution in [3.05, 3.63) is 66.2 Å². The maximum absolute atomic E-state index is 13.5. The van der Waals surface area contributed by atoms with Crippen molar-refractivity contribution < 1.29 is 14.3 Å². The summed E-state index contributed by atoms with van der Waals surface area (Å²) in [7, 11) is 0. The van der Waals surface area contributed by atoms with Crippen LogP contribution in [0.3, 0.4) is 0 Å². The van der Waals surface area contributed by atoms with Crippen molar-refractivity contribution in [3.63, 3.8) is 0 Å². The predicted octanol–water partition coefficient (Wildman–Crippen LogP) is 3.74. The highest BCUT2D eigenvalue weighted by Gasteiger charge is 2.12. The van der Waals surface area contributed by atoms with E-state index in [-0.39, 0.29) is 5.56 Å². The first kappa shape index (κ1) is 12.3. The lowest BCUT2D eigenvalue weighted by atomic mass is 9.98. The van der Waals surface area contributed by atoms with E-state index in [0.29, 0.717) is 5.56 Å². The monoisotopic (exact) mass is 267 g/mol. The molecule has 0 saturated heterocycles. The van der Waals surface area contributed by atoms with Crippen LogP contribution in [-0.2, 0) is 0 Å². The Morgan fingerprint density at radius 3 is 2.80 bits per heavy atom. The van der Waals surface area contributed by atoms with Crippen molar-refractivity contribution >= 4 is 16.7 Å². The number of pyridine rings is 1. The van der Waals surface area contributed by atoms with Crippen molar-refractivity contribution in [2.75, 3.05) is 0 Å². The first-order valence-corrected chi connectivity index (χ1v) is 6.03. The number of carboxylic acid groups (broad SMARTS) is 1. The zero-order chi connectivity index (χ0) is 14.1. The Morgan fingerprint density at radius 1 is 1.15 bits per heavy atom. The Bertz CT molecular complexity index is 809. The second-order valence-electron chi connectivity index (χ2n) is 4.40. The van der Waals surface area contributed by atoms with Gasteiger partial charge < -0.3 is 5.11 Å². The van der Waals surface area contributed by atoms with E-state index in [0.717, 1.165) is 16.3 Å². The third-order valence-corrected chi connectivity index (χ3v) is 3.19. The first-order chi connectivity index (χ1) is 9.66. The molecule has 0 aliphatic rings. The molecule has 1 heterocycles. The van der Waals surface area contributed by atoms with Gasteiger partial charge in [-0.05, 0) is 34.7 Å². The third kappa shape index (κ3) is 2.01. The van der Waals surface area contributed by atoms with Gasteiger partial charge in [-0.25, -0.2) is 9.18 Å². The normalized spacial score (nSPS) is 10.7. The average Bonchev–Trinajstić information content (AvgIpc) is 2.47. The van der Waals surface area contributed by atoms with Crippen molar-refractivity contribution in [2.24, 2.45) is 0 Å². The van der Waals surface area contributed by atoms with Gasteiger partial charge in [-0.2, -0.15) is 0 Å². The van der Waals surface area contributed by atoms with Crippen molar-refractivity contribution in [1.82, 2.24) is 4.98 Å². The lowest BCUT2D eigenvalue weighted by Gasteiger charge is -2.08. The van der Waals surface area contributed by atoms with E-state index in [2.05, 4.69) is 4.98 Å². The molecule has 3 aromatic rings. The molecule has 0 bridgehead atoms. The van der Waals surface area contributed by atoms with Crippen LogP contribution in [-0.4, -0.2) is 16.1 Å². The number of rotatable bonds is 2. The Labute approximate surface area is 114 Å². The van der Waals surface area contributed by atoms with Gasteiger partial charge in [-0.1, -0.05) is 24.3 Å². The number of nitrogens with zero attached hydrogens (tertiary/aromatic N) is 1. The molecule has 2 aromatic carbocycles. The second kappa shape index (κ2) is 4.74. The number of carbonyl (C=O) groups is 1. The number of benzene rings is 2. The van der Waals surface area contributed by atoms with Crippen LogP contribution in [0.4, 0.5) is 4.39 Å². The largest absolute Gasteiger partial charge is 0.478 e. The van der Waals surface area contributed by atoms with Crippen molar-refractivity contribution in [1.29, 1.82) is 0 Å². The predicted molar refractivity (Wildman–Crippen MR) is 74.1 cm³/mol. The summed E-state index contributed by atoms with van der Waals surface area (Å²) in [6.07, 6.45) is 3.41. The fraction of sp³-hybridized carbons (Fsp3) is 0. The maximum Gasteiger partial charge on any atom is 0.338 e. The summed E-state index contributed by atoms with van der Waals surface area (Å²) in [6.45, 7) is 0. The Hall–Kier alpha value is -2.75. The van der Waals surface area contributed by atoms with Gasteiger partial charge in [-0.15, -0.1) is 0 Å². The molecule has 0 radical (unpaired) electrons. The molecule has 0 spiro atoms. The number of aromatic nitrogens is 1. The van der Waals surface area contributed by atoms with Crippen LogP contribution >= 0.6 is 0 Å². The topological polar surface area (TPSA) is 50.2 Å². The van der Waals surface area contributed by atoms with Crippen LogP contribution in [0.15, 0.2) is 54.9 Å². The molecule has 3 rings (SSSR count). The fourth-order valence-electron chi connectivity index (χ4n) is 2.23. The number of halogens is 1. The van der Waals surface area contributed by atoms with Crippen LogP contribution in [0, 0.1) is 5.82 Å². The summed E-state index contributed by atoms with van der Waals surface area (Å²) in [5.41, 5.74) is 1.20. The van der Waals surface area contributed by atoms with Gasteiger partial charge in [-0.3, -0.25) is 4.98 Å². The Kier molecular flexibility index (Phi) is 2.91. The zero-order valence-corrected chi connectivity index (χ0v) is 10.4. The highest BCUT2D eigenvalue weighted by molar-refractivity contribution is 5.97. The smallest absolute Gasteiger partial charge is 0.338 e. The lowest BCUT2D eigenvalue weighted by Crippen LogP contribution is -2.00. The summed E-state index contributed by atoms with van der Waals surface area (Å²) in [5, 5.41) is 10.9. The molecule has 0 atom stereocenters. The lowest BCUT2D eigenvalue weighted by molar-refractivity contribution is 0.0692. The number of hydrogen-bond donors (Lipinski definition) is 1. The van der Waals surface area contributed by atoms with E-state index in [4.69, 9.17) is 5.11 Å². The van der Waals surface area contributed by atoms with Gasteiger partial charge in [0.05, 0.1) is 5.56 Å². The van der Waals surface area contributed by atoms with Crippen LogP contribution in [0.2, 0.25) is 0 Å². The highest BCUT2D eigenvalue weighted by Crippen LogP contribution is 2.29. The third-order valence-electron chi connectivity index (χ3n) is 3.19. The summed E-state index contributed by atoms with van der Waals surface area (Å²) < 4.78 is 13.5. The number of carboxylic acids is 1. The number of aromatic carboxylic acids is 1. The van der Waals surface area contributed by atoms with Gasteiger partial charge in [0.15, 0.2) is 0 Å².